The summed E-state index contributed by atoms with van der Waals surface area (Å²) in [5.74, 6) is -0.359. The lowest BCUT2D eigenvalue weighted by Gasteiger charge is -2.09. The summed E-state index contributed by atoms with van der Waals surface area (Å²) in [6.45, 7) is 2.02. The Morgan fingerprint density at radius 2 is 1.95 bits per heavy atom. The Morgan fingerprint density at radius 1 is 1.21 bits per heavy atom. The van der Waals surface area contributed by atoms with Crippen LogP contribution in [0.1, 0.15) is 15.9 Å². The lowest BCUT2D eigenvalue weighted by molar-refractivity contribution is 0.0599. The van der Waals surface area contributed by atoms with Crippen LogP contribution < -0.4 is 5.73 Å². The number of halogens is 1. The van der Waals surface area contributed by atoms with Crippen LogP contribution in [0.2, 0.25) is 0 Å². The van der Waals surface area contributed by atoms with Gasteiger partial charge in [-0.1, -0.05) is 12.1 Å². The van der Waals surface area contributed by atoms with E-state index in [1.165, 1.54) is 7.11 Å². The van der Waals surface area contributed by atoms with Crippen LogP contribution in [0.25, 0.3) is 11.1 Å². The maximum atomic E-state index is 11.5. The molecular weight excluding hydrogens is 306 g/mol. The van der Waals surface area contributed by atoms with Crippen LogP contribution in [-0.4, -0.2) is 13.1 Å². The highest BCUT2D eigenvalue weighted by molar-refractivity contribution is 9.10. The Labute approximate surface area is 120 Å². The minimum absolute atomic E-state index is 0.359. The first kappa shape index (κ1) is 13.6. The number of hydrogen-bond acceptors (Lipinski definition) is 3. The monoisotopic (exact) mass is 319 g/mol. The average molecular weight is 320 g/mol. The maximum Gasteiger partial charge on any atom is 0.339 e. The Hall–Kier alpha value is -1.81. The fourth-order valence-corrected chi connectivity index (χ4v) is 2.45. The van der Waals surface area contributed by atoms with Crippen molar-refractivity contribution in [3.8, 4) is 11.1 Å². The predicted molar refractivity (Wildman–Crippen MR) is 80.1 cm³/mol. The molecule has 0 aromatic heterocycles. The number of ether oxygens (including phenoxy) is 1. The van der Waals surface area contributed by atoms with Gasteiger partial charge in [-0.2, -0.15) is 0 Å². The molecule has 0 saturated heterocycles. The molecule has 0 fully saturated rings. The highest BCUT2D eigenvalue weighted by Crippen LogP contribution is 2.29. The molecule has 2 aromatic carbocycles. The summed E-state index contributed by atoms with van der Waals surface area (Å²) in [7, 11) is 1.37. The molecule has 0 amide bonds. The first-order valence-corrected chi connectivity index (χ1v) is 6.56. The van der Waals surface area contributed by atoms with Crippen molar-refractivity contribution < 1.29 is 9.53 Å². The van der Waals surface area contributed by atoms with E-state index in [9.17, 15) is 4.79 Å². The molecule has 0 aliphatic rings. The second-order valence-corrected chi connectivity index (χ2v) is 5.11. The van der Waals surface area contributed by atoms with Gasteiger partial charge in [0.1, 0.15) is 0 Å². The molecule has 0 spiro atoms. The number of carbonyl (C=O) groups is 1. The van der Waals surface area contributed by atoms with Crippen LogP contribution in [0.3, 0.4) is 0 Å². The van der Waals surface area contributed by atoms with Crippen molar-refractivity contribution in [2.75, 3.05) is 12.8 Å². The van der Waals surface area contributed by atoms with Crippen molar-refractivity contribution in [3.63, 3.8) is 0 Å². The van der Waals surface area contributed by atoms with E-state index in [0.717, 1.165) is 16.7 Å². The van der Waals surface area contributed by atoms with Crippen molar-refractivity contribution in [2.24, 2.45) is 0 Å². The van der Waals surface area contributed by atoms with Gasteiger partial charge in [-0.25, -0.2) is 4.79 Å². The zero-order valence-electron chi connectivity index (χ0n) is 10.7. The summed E-state index contributed by atoms with van der Waals surface area (Å²) in [5, 5.41) is 0. The third-order valence-electron chi connectivity index (χ3n) is 2.95. The molecule has 0 saturated carbocycles. The van der Waals surface area contributed by atoms with Gasteiger partial charge in [0.2, 0.25) is 0 Å². The molecule has 0 aliphatic carbocycles. The molecule has 4 heteroatoms. The number of aryl methyl sites for hydroxylation is 1. The number of carbonyl (C=O) groups excluding carboxylic acids is 1. The van der Waals surface area contributed by atoms with Crippen LogP contribution in [-0.2, 0) is 4.74 Å². The molecule has 0 radical (unpaired) electrons. The van der Waals surface area contributed by atoms with E-state index in [2.05, 4.69) is 15.9 Å². The lowest BCUT2D eigenvalue weighted by atomic mass is 9.99. The first-order chi connectivity index (χ1) is 9.02. The Bertz CT molecular complexity index is 638. The molecular formula is C15H14BrNO2. The van der Waals surface area contributed by atoms with E-state index < -0.39 is 0 Å². The Kier molecular flexibility index (Phi) is 3.90. The fourth-order valence-electron chi connectivity index (χ4n) is 1.91. The highest BCUT2D eigenvalue weighted by atomic mass is 79.9. The average Bonchev–Trinajstić information content (AvgIpc) is 2.40. The molecule has 0 aliphatic heterocycles. The number of methoxy groups -OCH3 is 1. The zero-order valence-corrected chi connectivity index (χ0v) is 12.3. The van der Waals surface area contributed by atoms with Crippen LogP contribution >= 0.6 is 15.9 Å². The molecule has 98 valence electrons. The van der Waals surface area contributed by atoms with Crippen LogP contribution in [0.5, 0.6) is 0 Å². The number of nitrogens with two attached hydrogens (primary N) is 1. The number of esters is 1. The van der Waals surface area contributed by atoms with Crippen molar-refractivity contribution in [1.29, 1.82) is 0 Å². The SMILES string of the molecule is COC(=O)c1ccc(-c2cc(N)ccc2C)cc1Br. The van der Waals surface area contributed by atoms with Gasteiger partial charge in [-0.05, 0) is 63.8 Å². The van der Waals surface area contributed by atoms with Crippen molar-refractivity contribution in [2.45, 2.75) is 6.92 Å². The number of anilines is 1. The highest BCUT2D eigenvalue weighted by Gasteiger charge is 2.12. The van der Waals surface area contributed by atoms with Gasteiger partial charge in [0.15, 0.2) is 0 Å². The molecule has 0 heterocycles. The lowest BCUT2D eigenvalue weighted by Crippen LogP contribution is -2.02. The number of nitrogen functional groups attached to an aromatic ring is 1. The van der Waals surface area contributed by atoms with Crippen LogP contribution in [0.15, 0.2) is 40.9 Å². The van der Waals surface area contributed by atoms with Gasteiger partial charge in [-0.15, -0.1) is 0 Å². The third kappa shape index (κ3) is 2.79. The topological polar surface area (TPSA) is 52.3 Å². The molecule has 0 unspecified atom stereocenters. The molecule has 19 heavy (non-hydrogen) atoms. The largest absolute Gasteiger partial charge is 0.465 e. The standard InChI is InChI=1S/C15H14BrNO2/c1-9-3-5-11(17)8-13(9)10-4-6-12(14(16)7-10)15(18)19-2/h3-8H,17H2,1-2H3. The minimum Gasteiger partial charge on any atom is -0.465 e. The summed E-state index contributed by atoms with van der Waals surface area (Å²) < 4.78 is 5.42. The summed E-state index contributed by atoms with van der Waals surface area (Å²) in [5.41, 5.74) is 10.2. The second kappa shape index (κ2) is 5.45. The predicted octanol–water partition coefficient (Wildman–Crippen LogP) is 3.79. The molecule has 2 N–H and O–H groups in total. The second-order valence-electron chi connectivity index (χ2n) is 4.26. The maximum absolute atomic E-state index is 11.5. The van der Waals surface area contributed by atoms with Gasteiger partial charge < -0.3 is 10.5 Å². The molecule has 0 bridgehead atoms. The van der Waals surface area contributed by atoms with Crippen LogP contribution in [0.4, 0.5) is 5.69 Å². The fraction of sp³-hybridized carbons (Fsp3) is 0.133. The quantitative estimate of drug-likeness (QED) is 0.676. The number of hydrogen-bond donors (Lipinski definition) is 1. The smallest absolute Gasteiger partial charge is 0.339 e. The van der Waals surface area contributed by atoms with E-state index in [0.29, 0.717) is 15.7 Å². The summed E-state index contributed by atoms with van der Waals surface area (Å²) in [6.07, 6.45) is 0. The van der Waals surface area contributed by atoms with Gasteiger partial charge in [0.05, 0.1) is 12.7 Å². The molecule has 2 aromatic rings. The summed E-state index contributed by atoms with van der Waals surface area (Å²) >= 11 is 3.40. The van der Waals surface area contributed by atoms with Crippen molar-refractivity contribution in [3.05, 3.63) is 52.0 Å². The molecule has 2 rings (SSSR count). The Morgan fingerprint density at radius 3 is 2.58 bits per heavy atom. The van der Waals surface area contributed by atoms with Gasteiger partial charge in [-0.3, -0.25) is 0 Å². The van der Waals surface area contributed by atoms with Crippen LogP contribution in [0, 0.1) is 6.92 Å². The summed E-state index contributed by atoms with van der Waals surface area (Å²) in [6, 6.07) is 11.3. The number of rotatable bonds is 2. The minimum atomic E-state index is -0.359. The van der Waals surface area contributed by atoms with Gasteiger partial charge >= 0.3 is 5.97 Å². The van der Waals surface area contributed by atoms with Crippen molar-refractivity contribution >= 4 is 27.6 Å². The first-order valence-electron chi connectivity index (χ1n) is 5.77. The number of benzene rings is 2. The van der Waals surface area contributed by atoms with E-state index in [1.807, 2.05) is 37.3 Å². The van der Waals surface area contributed by atoms with E-state index in [4.69, 9.17) is 10.5 Å². The Balaban J connectivity index is 2.50. The van der Waals surface area contributed by atoms with Gasteiger partial charge in [0.25, 0.3) is 0 Å². The van der Waals surface area contributed by atoms with E-state index >= 15 is 0 Å². The third-order valence-corrected chi connectivity index (χ3v) is 3.60. The normalized spacial score (nSPS) is 10.3. The zero-order chi connectivity index (χ0) is 14.0. The molecule has 0 atom stereocenters. The van der Waals surface area contributed by atoms with E-state index in [-0.39, 0.29) is 5.97 Å². The van der Waals surface area contributed by atoms with E-state index in [1.54, 1.807) is 6.07 Å². The summed E-state index contributed by atoms with van der Waals surface area (Å²) in [4.78, 5) is 11.5. The van der Waals surface area contributed by atoms with Gasteiger partial charge in [0, 0.05) is 10.2 Å². The van der Waals surface area contributed by atoms with Crippen molar-refractivity contribution in [1.82, 2.24) is 0 Å². The molecule has 3 nitrogen and oxygen atoms in total.